The molecule has 2 rings (SSSR count). The van der Waals surface area contributed by atoms with E-state index in [4.69, 9.17) is 14.6 Å². The van der Waals surface area contributed by atoms with E-state index in [1.807, 2.05) is 0 Å². The molecule has 1 amide bonds. The van der Waals surface area contributed by atoms with Crippen molar-refractivity contribution in [1.82, 2.24) is 0 Å². The second kappa shape index (κ2) is 10.6. The standard InChI is InChI=1S/C21H21NO7/c1-28-17-11-7-14(8-12-17)18(23)13-29-21(27)15-5-9-16(10-6-15)22-19(24)3-2-4-20(25)26/h5-12H,2-4,13H2,1H3,(H,22,24)(H,25,26). The van der Waals surface area contributed by atoms with Crippen LogP contribution in [0.3, 0.4) is 0 Å². The number of carbonyl (C=O) groups excluding carboxylic acids is 3. The monoisotopic (exact) mass is 399 g/mol. The largest absolute Gasteiger partial charge is 0.497 e. The molecule has 0 heterocycles. The molecule has 0 saturated carbocycles. The number of carboxylic acids is 1. The fourth-order valence-electron chi connectivity index (χ4n) is 2.39. The van der Waals surface area contributed by atoms with Crippen LogP contribution in [0.25, 0.3) is 0 Å². The summed E-state index contributed by atoms with van der Waals surface area (Å²) in [4.78, 5) is 46.3. The lowest BCUT2D eigenvalue weighted by atomic mass is 10.1. The zero-order chi connectivity index (χ0) is 21.2. The highest BCUT2D eigenvalue weighted by atomic mass is 16.5. The van der Waals surface area contributed by atoms with Gasteiger partial charge in [0.1, 0.15) is 5.75 Å². The molecule has 0 radical (unpaired) electrons. The average Bonchev–Trinajstić information content (AvgIpc) is 2.72. The van der Waals surface area contributed by atoms with Crippen molar-refractivity contribution in [3.63, 3.8) is 0 Å². The molecule has 0 fully saturated rings. The lowest BCUT2D eigenvalue weighted by molar-refractivity contribution is -0.137. The minimum Gasteiger partial charge on any atom is -0.497 e. The summed E-state index contributed by atoms with van der Waals surface area (Å²) in [5, 5.41) is 11.2. The molecule has 0 saturated heterocycles. The van der Waals surface area contributed by atoms with Crippen LogP contribution in [0, 0.1) is 0 Å². The third-order valence-electron chi connectivity index (χ3n) is 3.95. The lowest BCUT2D eigenvalue weighted by Crippen LogP contribution is -2.15. The Balaban J connectivity index is 1.82. The first-order chi connectivity index (χ1) is 13.9. The Bertz CT molecular complexity index is 873. The fourth-order valence-corrected chi connectivity index (χ4v) is 2.39. The van der Waals surface area contributed by atoms with Crippen molar-refractivity contribution >= 4 is 29.3 Å². The second-order valence-electron chi connectivity index (χ2n) is 6.10. The Morgan fingerprint density at radius 2 is 1.52 bits per heavy atom. The molecule has 0 unspecified atom stereocenters. The van der Waals surface area contributed by atoms with Gasteiger partial charge < -0.3 is 19.9 Å². The number of amides is 1. The van der Waals surface area contributed by atoms with Crippen molar-refractivity contribution in [3.05, 3.63) is 59.7 Å². The highest BCUT2D eigenvalue weighted by Crippen LogP contribution is 2.14. The van der Waals surface area contributed by atoms with Crippen molar-refractivity contribution < 1.29 is 33.8 Å². The second-order valence-corrected chi connectivity index (χ2v) is 6.10. The van der Waals surface area contributed by atoms with E-state index in [1.165, 1.54) is 31.4 Å². The maximum absolute atomic E-state index is 12.1. The molecule has 2 aromatic rings. The van der Waals surface area contributed by atoms with Gasteiger partial charge in [-0.15, -0.1) is 0 Å². The van der Waals surface area contributed by atoms with E-state index < -0.39 is 18.5 Å². The number of rotatable bonds is 10. The number of methoxy groups -OCH3 is 1. The van der Waals surface area contributed by atoms with Gasteiger partial charge in [-0.2, -0.15) is 0 Å². The molecule has 29 heavy (non-hydrogen) atoms. The maximum atomic E-state index is 12.1. The fraction of sp³-hybridized carbons (Fsp3) is 0.238. The van der Waals surface area contributed by atoms with Gasteiger partial charge in [0, 0.05) is 24.1 Å². The third-order valence-corrected chi connectivity index (χ3v) is 3.95. The molecule has 0 aromatic heterocycles. The summed E-state index contributed by atoms with van der Waals surface area (Å²) in [6.07, 6.45) is 0.255. The van der Waals surface area contributed by atoms with Crippen LogP contribution in [0.4, 0.5) is 5.69 Å². The van der Waals surface area contributed by atoms with Crippen molar-refractivity contribution in [1.29, 1.82) is 0 Å². The van der Waals surface area contributed by atoms with Gasteiger partial charge in [-0.1, -0.05) is 0 Å². The van der Waals surface area contributed by atoms with E-state index in [2.05, 4.69) is 5.32 Å². The van der Waals surface area contributed by atoms with Gasteiger partial charge >= 0.3 is 11.9 Å². The molecule has 0 aliphatic heterocycles. The Labute approximate surface area is 167 Å². The molecule has 2 N–H and O–H groups in total. The van der Waals surface area contributed by atoms with Gasteiger partial charge in [0.2, 0.25) is 5.91 Å². The normalized spacial score (nSPS) is 10.1. The number of esters is 1. The summed E-state index contributed by atoms with van der Waals surface area (Å²) in [7, 11) is 1.52. The number of ketones is 1. The first-order valence-corrected chi connectivity index (χ1v) is 8.85. The molecular formula is C21H21NO7. The van der Waals surface area contributed by atoms with Crippen LogP contribution in [0.15, 0.2) is 48.5 Å². The van der Waals surface area contributed by atoms with Crippen molar-refractivity contribution in [2.75, 3.05) is 19.0 Å². The predicted octanol–water partition coefficient (Wildman–Crippen LogP) is 2.93. The zero-order valence-corrected chi connectivity index (χ0v) is 15.8. The highest BCUT2D eigenvalue weighted by molar-refractivity contribution is 5.99. The molecule has 8 heteroatoms. The number of nitrogens with one attached hydrogen (secondary N) is 1. The smallest absolute Gasteiger partial charge is 0.338 e. The first-order valence-electron chi connectivity index (χ1n) is 8.85. The van der Waals surface area contributed by atoms with Crippen LogP contribution in [0.5, 0.6) is 5.75 Å². The predicted molar refractivity (Wildman–Crippen MR) is 104 cm³/mol. The first kappa shape index (κ1) is 21.6. The summed E-state index contributed by atoms with van der Waals surface area (Å²) in [6.45, 7) is -0.396. The van der Waals surface area contributed by atoms with Crippen LogP contribution in [-0.2, 0) is 14.3 Å². The maximum Gasteiger partial charge on any atom is 0.338 e. The number of hydrogen-bond donors (Lipinski definition) is 2. The lowest BCUT2D eigenvalue weighted by Gasteiger charge is -2.07. The number of carbonyl (C=O) groups is 4. The number of anilines is 1. The number of Topliss-reactive ketones (excluding diaryl/α,β-unsaturated/α-hetero) is 1. The van der Waals surface area contributed by atoms with Crippen molar-refractivity contribution in [3.8, 4) is 5.75 Å². The van der Waals surface area contributed by atoms with Gasteiger partial charge in [0.05, 0.1) is 12.7 Å². The molecule has 2 aromatic carbocycles. The summed E-state index contributed by atoms with van der Waals surface area (Å²) in [5.74, 6) is -1.65. The number of ether oxygens (including phenoxy) is 2. The Hall–Kier alpha value is -3.68. The van der Waals surface area contributed by atoms with E-state index in [1.54, 1.807) is 24.3 Å². The minimum atomic E-state index is -0.953. The van der Waals surface area contributed by atoms with Gasteiger partial charge in [0.25, 0.3) is 0 Å². The third kappa shape index (κ3) is 7.10. The summed E-state index contributed by atoms with van der Waals surface area (Å²) in [6, 6.07) is 12.4. The van der Waals surface area contributed by atoms with Gasteiger partial charge in [-0.05, 0) is 55.0 Å². The molecule has 0 atom stereocenters. The topological polar surface area (TPSA) is 119 Å². The molecule has 8 nitrogen and oxygen atoms in total. The number of aliphatic carboxylic acids is 1. The summed E-state index contributed by atoms with van der Waals surface area (Å²) >= 11 is 0. The molecule has 0 aliphatic carbocycles. The minimum absolute atomic E-state index is 0.0759. The summed E-state index contributed by atoms with van der Waals surface area (Å²) < 4.78 is 10.1. The van der Waals surface area contributed by atoms with Crippen molar-refractivity contribution in [2.45, 2.75) is 19.3 Å². The van der Waals surface area contributed by atoms with Crippen LogP contribution in [-0.4, -0.2) is 42.5 Å². The SMILES string of the molecule is COc1ccc(C(=O)COC(=O)c2ccc(NC(=O)CCCC(=O)O)cc2)cc1. The van der Waals surface area contributed by atoms with E-state index in [9.17, 15) is 19.2 Å². The number of benzene rings is 2. The van der Waals surface area contributed by atoms with Crippen molar-refractivity contribution in [2.24, 2.45) is 0 Å². The zero-order valence-electron chi connectivity index (χ0n) is 15.8. The van der Waals surface area contributed by atoms with Crippen LogP contribution in [0.1, 0.15) is 40.0 Å². The molecule has 0 bridgehead atoms. The van der Waals surface area contributed by atoms with E-state index in [0.717, 1.165) is 0 Å². The van der Waals surface area contributed by atoms with Gasteiger partial charge in [-0.3, -0.25) is 14.4 Å². The van der Waals surface area contributed by atoms with Crippen LogP contribution in [0.2, 0.25) is 0 Å². The molecule has 152 valence electrons. The van der Waals surface area contributed by atoms with Gasteiger partial charge in [0.15, 0.2) is 12.4 Å². The number of hydrogen-bond acceptors (Lipinski definition) is 6. The Morgan fingerprint density at radius 3 is 2.10 bits per heavy atom. The van der Waals surface area contributed by atoms with Crippen LogP contribution < -0.4 is 10.1 Å². The van der Waals surface area contributed by atoms with E-state index in [0.29, 0.717) is 17.0 Å². The molecule has 0 aliphatic rings. The van der Waals surface area contributed by atoms with Crippen LogP contribution >= 0.6 is 0 Å². The number of carboxylic acid groups (broad SMARTS) is 1. The van der Waals surface area contributed by atoms with E-state index in [-0.39, 0.29) is 36.5 Å². The quantitative estimate of drug-likeness (QED) is 0.466. The average molecular weight is 399 g/mol. The van der Waals surface area contributed by atoms with E-state index >= 15 is 0 Å². The highest BCUT2D eigenvalue weighted by Gasteiger charge is 2.12. The molecule has 0 spiro atoms. The Morgan fingerprint density at radius 1 is 0.897 bits per heavy atom. The summed E-state index contributed by atoms with van der Waals surface area (Å²) in [5.41, 5.74) is 1.10. The molecular weight excluding hydrogens is 378 g/mol. The van der Waals surface area contributed by atoms with Gasteiger partial charge in [-0.25, -0.2) is 4.79 Å². The Kier molecular flexibility index (Phi) is 7.90.